The van der Waals surface area contributed by atoms with Gasteiger partial charge in [0.05, 0.1) is 0 Å². The summed E-state index contributed by atoms with van der Waals surface area (Å²) in [4.78, 5) is 0. The first-order valence-corrected chi connectivity index (χ1v) is 4.54. The van der Waals surface area contributed by atoms with E-state index in [9.17, 15) is 0 Å². The maximum absolute atomic E-state index is 8.66. The molecule has 0 saturated carbocycles. The standard InChI is InChI=1S/C10H16N2O/c11-12(13)9-5-4-8-10-6-2-1-3-7-10/h1-3,6-7,13H,4-5,8-9,11H2. The second-order valence-electron chi connectivity index (χ2n) is 3.11. The van der Waals surface area contributed by atoms with E-state index in [-0.39, 0.29) is 0 Å². The largest absolute Gasteiger partial charge is 0.299 e. The molecule has 0 heterocycles. The molecule has 1 aromatic carbocycles. The van der Waals surface area contributed by atoms with Crippen LogP contribution in [-0.2, 0) is 6.42 Å². The topological polar surface area (TPSA) is 49.5 Å². The molecule has 0 fully saturated rings. The third-order valence-electron chi connectivity index (χ3n) is 1.95. The lowest BCUT2D eigenvalue weighted by atomic mass is 10.1. The summed E-state index contributed by atoms with van der Waals surface area (Å²) < 4.78 is 0. The van der Waals surface area contributed by atoms with E-state index in [4.69, 9.17) is 11.0 Å². The Hall–Kier alpha value is -0.900. The maximum atomic E-state index is 8.66. The number of hydrazine groups is 1. The van der Waals surface area contributed by atoms with Crippen LogP contribution in [0.2, 0.25) is 0 Å². The van der Waals surface area contributed by atoms with E-state index in [2.05, 4.69) is 12.1 Å². The van der Waals surface area contributed by atoms with Gasteiger partial charge in [-0.3, -0.25) is 5.21 Å². The van der Waals surface area contributed by atoms with Crippen molar-refractivity contribution in [2.75, 3.05) is 6.54 Å². The minimum Gasteiger partial charge on any atom is -0.299 e. The van der Waals surface area contributed by atoms with Crippen LogP contribution in [0.15, 0.2) is 30.3 Å². The zero-order valence-electron chi connectivity index (χ0n) is 7.69. The van der Waals surface area contributed by atoms with Crippen molar-refractivity contribution in [1.82, 2.24) is 5.17 Å². The second kappa shape index (κ2) is 5.70. The Balaban J connectivity index is 2.13. The molecule has 1 rings (SSSR count). The van der Waals surface area contributed by atoms with Gasteiger partial charge in [-0.25, -0.2) is 5.84 Å². The van der Waals surface area contributed by atoms with Gasteiger partial charge in [-0.15, -0.1) is 5.17 Å². The number of hydroxylamine groups is 1. The monoisotopic (exact) mass is 180 g/mol. The van der Waals surface area contributed by atoms with Gasteiger partial charge in [-0.1, -0.05) is 30.3 Å². The highest BCUT2D eigenvalue weighted by Crippen LogP contribution is 2.03. The van der Waals surface area contributed by atoms with Gasteiger partial charge in [0, 0.05) is 6.54 Å². The summed E-state index contributed by atoms with van der Waals surface area (Å²) in [5.41, 5.74) is 1.34. The van der Waals surface area contributed by atoms with Gasteiger partial charge in [-0.05, 0) is 24.8 Å². The van der Waals surface area contributed by atoms with Gasteiger partial charge in [0.2, 0.25) is 0 Å². The molecule has 3 N–H and O–H groups in total. The van der Waals surface area contributed by atoms with Crippen molar-refractivity contribution in [3.63, 3.8) is 0 Å². The minimum atomic E-state index is 0.535. The molecule has 72 valence electrons. The SMILES string of the molecule is NN(O)CCCCc1ccccc1. The number of nitrogens with two attached hydrogens (primary N) is 1. The van der Waals surface area contributed by atoms with Crippen LogP contribution in [0.1, 0.15) is 18.4 Å². The van der Waals surface area contributed by atoms with E-state index >= 15 is 0 Å². The fraction of sp³-hybridized carbons (Fsp3) is 0.400. The van der Waals surface area contributed by atoms with Crippen LogP contribution < -0.4 is 5.84 Å². The van der Waals surface area contributed by atoms with Crippen molar-refractivity contribution in [2.24, 2.45) is 5.84 Å². The number of rotatable bonds is 5. The maximum Gasteiger partial charge on any atom is 0.0396 e. The number of unbranched alkanes of at least 4 members (excludes halogenated alkanes) is 1. The van der Waals surface area contributed by atoms with E-state index in [1.54, 1.807) is 0 Å². The Morgan fingerprint density at radius 1 is 1.15 bits per heavy atom. The molecular formula is C10H16N2O. The summed E-state index contributed by atoms with van der Waals surface area (Å²) in [5, 5.41) is 9.40. The molecule has 0 saturated heterocycles. The number of nitrogens with zero attached hydrogens (tertiary/aromatic N) is 1. The average molecular weight is 180 g/mol. The molecule has 0 atom stereocenters. The lowest BCUT2D eigenvalue weighted by Crippen LogP contribution is -2.27. The number of hydrogen-bond acceptors (Lipinski definition) is 3. The smallest absolute Gasteiger partial charge is 0.0396 e. The molecule has 0 unspecified atom stereocenters. The Morgan fingerprint density at radius 2 is 1.85 bits per heavy atom. The molecule has 0 aromatic heterocycles. The average Bonchev–Trinajstić information content (AvgIpc) is 2.14. The number of hydrogen-bond donors (Lipinski definition) is 2. The lowest BCUT2D eigenvalue weighted by molar-refractivity contribution is -0.0938. The van der Waals surface area contributed by atoms with Gasteiger partial charge >= 0.3 is 0 Å². The molecule has 3 nitrogen and oxygen atoms in total. The van der Waals surface area contributed by atoms with Crippen molar-refractivity contribution >= 4 is 0 Å². The van der Waals surface area contributed by atoms with Crippen molar-refractivity contribution in [3.8, 4) is 0 Å². The Labute approximate surface area is 78.7 Å². The minimum absolute atomic E-state index is 0.535. The van der Waals surface area contributed by atoms with E-state index in [1.165, 1.54) is 5.56 Å². The summed E-state index contributed by atoms with van der Waals surface area (Å²) in [6, 6.07) is 10.3. The second-order valence-corrected chi connectivity index (χ2v) is 3.11. The first kappa shape index (κ1) is 10.2. The molecule has 1 aromatic rings. The lowest BCUT2D eigenvalue weighted by Gasteiger charge is -2.06. The van der Waals surface area contributed by atoms with Crippen molar-refractivity contribution in [1.29, 1.82) is 0 Å². The van der Waals surface area contributed by atoms with Crippen molar-refractivity contribution in [3.05, 3.63) is 35.9 Å². The van der Waals surface area contributed by atoms with Gasteiger partial charge in [0.1, 0.15) is 0 Å². The molecule has 13 heavy (non-hydrogen) atoms. The summed E-state index contributed by atoms with van der Waals surface area (Å²) in [5.74, 6) is 5.06. The third kappa shape index (κ3) is 4.62. The zero-order chi connectivity index (χ0) is 9.52. The number of aryl methyl sites for hydroxylation is 1. The van der Waals surface area contributed by atoms with Crippen LogP contribution in [0, 0.1) is 0 Å². The fourth-order valence-electron chi connectivity index (χ4n) is 1.25. The van der Waals surface area contributed by atoms with Crippen LogP contribution in [0.25, 0.3) is 0 Å². The first-order chi connectivity index (χ1) is 6.29. The Kier molecular flexibility index (Phi) is 4.46. The summed E-state index contributed by atoms with van der Waals surface area (Å²) >= 11 is 0. The molecular weight excluding hydrogens is 164 g/mol. The molecule has 0 radical (unpaired) electrons. The van der Waals surface area contributed by atoms with E-state index in [0.717, 1.165) is 24.4 Å². The van der Waals surface area contributed by atoms with Gasteiger partial charge in [0.15, 0.2) is 0 Å². The van der Waals surface area contributed by atoms with Crippen molar-refractivity contribution < 1.29 is 5.21 Å². The highest BCUT2D eigenvalue weighted by molar-refractivity contribution is 5.14. The predicted octanol–water partition coefficient (Wildman–Crippen LogP) is 1.57. The molecule has 0 aliphatic heterocycles. The van der Waals surface area contributed by atoms with Crippen LogP contribution in [0.4, 0.5) is 0 Å². The summed E-state index contributed by atoms with van der Waals surface area (Å²) in [6.07, 6.45) is 3.02. The quantitative estimate of drug-likeness (QED) is 0.411. The van der Waals surface area contributed by atoms with Gasteiger partial charge in [0.25, 0.3) is 0 Å². The zero-order valence-corrected chi connectivity index (χ0v) is 7.69. The third-order valence-corrected chi connectivity index (χ3v) is 1.95. The van der Waals surface area contributed by atoms with Crippen LogP contribution in [0.5, 0.6) is 0 Å². The van der Waals surface area contributed by atoms with E-state index in [1.807, 2.05) is 18.2 Å². The molecule has 0 bridgehead atoms. The Morgan fingerprint density at radius 3 is 2.46 bits per heavy atom. The predicted molar refractivity (Wildman–Crippen MR) is 52.1 cm³/mol. The first-order valence-electron chi connectivity index (χ1n) is 4.54. The number of benzene rings is 1. The van der Waals surface area contributed by atoms with Gasteiger partial charge < -0.3 is 0 Å². The summed E-state index contributed by atoms with van der Waals surface area (Å²) in [6.45, 7) is 0.535. The van der Waals surface area contributed by atoms with Crippen LogP contribution in [-0.4, -0.2) is 16.9 Å². The summed E-state index contributed by atoms with van der Waals surface area (Å²) in [7, 11) is 0. The highest BCUT2D eigenvalue weighted by atomic mass is 16.5. The van der Waals surface area contributed by atoms with Crippen LogP contribution in [0.3, 0.4) is 0 Å². The Bertz CT molecular complexity index is 224. The molecule has 3 heteroatoms. The van der Waals surface area contributed by atoms with Crippen LogP contribution >= 0.6 is 0 Å². The molecule has 0 aliphatic carbocycles. The van der Waals surface area contributed by atoms with E-state index in [0.29, 0.717) is 6.54 Å². The normalized spacial score (nSPS) is 10.7. The van der Waals surface area contributed by atoms with Crippen molar-refractivity contribution in [2.45, 2.75) is 19.3 Å². The van der Waals surface area contributed by atoms with Gasteiger partial charge in [-0.2, -0.15) is 0 Å². The fourth-order valence-corrected chi connectivity index (χ4v) is 1.25. The molecule has 0 spiro atoms. The highest BCUT2D eigenvalue weighted by Gasteiger charge is 1.94. The van der Waals surface area contributed by atoms with E-state index < -0.39 is 0 Å². The molecule has 0 amide bonds. The molecule has 0 aliphatic rings.